The number of nitrogens with zero attached hydrogens (tertiary/aromatic N) is 4. The predicted octanol–water partition coefficient (Wildman–Crippen LogP) is 2.33. The molecule has 0 saturated heterocycles. The summed E-state index contributed by atoms with van der Waals surface area (Å²) in [6.45, 7) is 0. The van der Waals surface area contributed by atoms with Gasteiger partial charge in [-0.2, -0.15) is 5.10 Å². The van der Waals surface area contributed by atoms with Crippen LogP contribution < -0.4 is 0 Å². The Morgan fingerprint density at radius 1 is 0.824 bits per heavy atom. The Bertz CT molecular complexity index is 602. The van der Waals surface area contributed by atoms with Crippen LogP contribution in [0.4, 0.5) is 0 Å². The van der Waals surface area contributed by atoms with Crippen molar-refractivity contribution in [3.63, 3.8) is 0 Å². The van der Waals surface area contributed by atoms with Crippen molar-refractivity contribution >= 4 is 0 Å². The van der Waals surface area contributed by atoms with Crippen molar-refractivity contribution in [1.29, 1.82) is 0 Å². The summed E-state index contributed by atoms with van der Waals surface area (Å²) >= 11 is 0. The van der Waals surface area contributed by atoms with Gasteiger partial charge in [-0.15, -0.1) is 0 Å². The Labute approximate surface area is 98.6 Å². The zero-order valence-corrected chi connectivity index (χ0v) is 9.06. The number of rotatable bonds is 2. The molecule has 4 heteroatoms. The van der Waals surface area contributed by atoms with Gasteiger partial charge in [-0.25, -0.2) is 9.67 Å². The Balaban J connectivity index is 2.06. The quantitative estimate of drug-likeness (QED) is 0.668. The topological polar surface area (TPSA) is 43.6 Å². The first kappa shape index (κ1) is 9.72. The van der Waals surface area contributed by atoms with Gasteiger partial charge in [0, 0.05) is 18.6 Å². The first-order valence-corrected chi connectivity index (χ1v) is 5.32. The molecule has 0 amide bonds. The highest BCUT2D eigenvalue weighted by molar-refractivity contribution is 5.54. The average molecular weight is 222 g/mol. The summed E-state index contributed by atoms with van der Waals surface area (Å²) in [6, 6.07) is 13.5. The Kier molecular flexibility index (Phi) is 2.38. The van der Waals surface area contributed by atoms with Crippen molar-refractivity contribution in [1.82, 2.24) is 19.7 Å². The molecule has 82 valence electrons. The number of hydrogen-bond acceptors (Lipinski definition) is 3. The summed E-state index contributed by atoms with van der Waals surface area (Å²) in [4.78, 5) is 8.80. The molecule has 0 radical (unpaired) electrons. The first-order chi connectivity index (χ1) is 8.43. The molecule has 0 aliphatic rings. The molecule has 3 aromatic heterocycles. The van der Waals surface area contributed by atoms with Crippen LogP contribution in [0.15, 0.2) is 61.1 Å². The van der Waals surface area contributed by atoms with Gasteiger partial charge in [-0.3, -0.25) is 4.98 Å². The van der Waals surface area contributed by atoms with Crippen molar-refractivity contribution in [2.75, 3.05) is 0 Å². The van der Waals surface area contributed by atoms with Gasteiger partial charge in [0.1, 0.15) is 0 Å². The van der Waals surface area contributed by atoms with E-state index in [0.29, 0.717) is 0 Å². The standard InChI is InChI=1S/C13H10N4/c1-2-8-14-11(5-1)12-6-3-7-13(16-12)17-10-4-9-15-17/h1-10H. The Hall–Kier alpha value is -2.49. The van der Waals surface area contributed by atoms with Crippen LogP contribution in [-0.4, -0.2) is 19.7 Å². The predicted molar refractivity (Wildman–Crippen MR) is 64.6 cm³/mol. The van der Waals surface area contributed by atoms with E-state index in [9.17, 15) is 0 Å². The molecule has 3 aromatic rings. The van der Waals surface area contributed by atoms with Crippen molar-refractivity contribution in [2.24, 2.45) is 0 Å². The van der Waals surface area contributed by atoms with Crippen LogP contribution >= 0.6 is 0 Å². The summed E-state index contributed by atoms with van der Waals surface area (Å²) < 4.78 is 1.73. The number of pyridine rings is 2. The molecule has 4 nitrogen and oxygen atoms in total. The van der Waals surface area contributed by atoms with E-state index in [-0.39, 0.29) is 0 Å². The molecule has 0 unspecified atom stereocenters. The van der Waals surface area contributed by atoms with Crippen LogP contribution in [0, 0.1) is 0 Å². The molecular formula is C13H10N4. The van der Waals surface area contributed by atoms with E-state index in [4.69, 9.17) is 0 Å². The molecule has 0 fully saturated rings. The Morgan fingerprint density at radius 3 is 2.53 bits per heavy atom. The molecule has 3 heterocycles. The SMILES string of the molecule is c1ccc(-c2cccc(-n3cccn3)n2)nc1. The van der Waals surface area contributed by atoms with Gasteiger partial charge < -0.3 is 0 Å². The third-order valence-electron chi connectivity index (χ3n) is 2.40. The summed E-state index contributed by atoms with van der Waals surface area (Å²) in [5.41, 5.74) is 1.71. The minimum atomic E-state index is 0.790. The monoisotopic (exact) mass is 222 g/mol. The van der Waals surface area contributed by atoms with Gasteiger partial charge in [0.2, 0.25) is 0 Å². The molecule has 3 rings (SSSR count). The van der Waals surface area contributed by atoms with E-state index in [1.165, 1.54) is 0 Å². The highest BCUT2D eigenvalue weighted by atomic mass is 15.3. The lowest BCUT2D eigenvalue weighted by Gasteiger charge is -2.03. The summed E-state index contributed by atoms with van der Waals surface area (Å²) in [5.74, 6) is 0.790. The molecule has 0 saturated carbocycles. The van der Waals surface area contributed by atoms with Crippen LogP contribution in [0.5, 0.6) is 0 Å². The zero-order chi connectivity index (χ0) is 11.5. The van der Waals surface area contributed by atoms with Gasteiger partial charge in [0.15, 0.2) is 5.82 Å². The fourth-order valence-corrected chi connectivity index (χ4v) is 1.61. The Morgan fingerprint density at radius 2 is 1.76 bits per heavy atom. The number of aromatic nitrogens is 4. The smallest absolute Gasteiger partial charge is 0.154 e. The van der Waals surface area contributed by atoms with Crippen LogP contribution in [0.2, 0.25) is 0 Å². The highest BCUT2D eigenvalue weighted by Gasteiger charge is 2.02. The van der Waals surface area contributed by atoms with Crippen molar-refractivity contribution in [2.45, 2.75) is 0 Å². The lowest BCUT2D eigenvalue weighted by molar-refractivity contribution is 0.848. The van der Waals surface area contributed by atoms with E-state index in [2.05, 4.69) is 15.1 Å². The summed E-state index contributed by atoms with van der Waals surface area (Å²) in [7, 11) is 0. The molecule has 17 heavy (non-hydrogen) atoms. The maximum atomic E-state index is 4.52. The first-order valence-electron chi connectivity index (χ1n) is 5.32. The van der Waals surface area contributed by atoms with Gasteiger partial charge >= 0.3 is 0 Å². The lowest BCUT2D eigenvalue weighted by Crippen LogP contribution is -1.98. The molecule has 0 atom stereocenters. The number of hydrogen-bond donors (Lipinski definition) is 0. The van der Waals surface area contributed by atoms with Crippen molar-refractivity contribution < 1.29 is 0 Å². The molecule has 0 aromatic carbocycles. The third kappa shape index (κ3) is 1.92. The van der Waals surface area contributed by atoms with Crippen LogP contribution in [0.25, 0.3) is 17.2 Å². The largest absolute Gasteiger partial charge is 0.255 e. The van der Waals surface area contributed by atoms with E-state index >= 15 is 0 Å². The van der Waals surface area contributed by atoms with Crippen molar-refractivity contribution in [3.05, 3.63) is 61.1 Å². The molecule has 0 aliphatic heterocycles. The normalized spacial score (nSPS) is 10.4. The average Bonchev–Trinajstić information content (AvgIpc) is 2.94. The minimum Gasteiger partial charge on any atom is -0.255 e. The second-order valence-electron chi connectivity index (χ2n) is 3.55. The molecular weight excluding hydrogens is 212 g/mol. The summed E-state index contributed by atoms with van der Waals surface area (Å²) in [6.07, 6.45) is 5.36. The molecule has 0 aliphatic carbocycles. The third-order valence-corrected chi connectivity index (χ3v) is 2.40. The minimum absolute atomic E-state index is 0.790. The lowest BCUT2D eigenvalue weighted by atomic mass is 10.2. The maximum absolute atomic E-state index is 4.52. The highest BCUT2D eigenvalue weighted by Crippen LogP contribution is 2.14. The van der Waals surface area contributed by atoms with E-state index < -0.39 is 0 Å². The maximum Gasteiger partial charge on any atom is 0.154 e. The zero-order valence-electron chi connectivity index (χ0n) is 9.06. The van der Waals surface area contributed by atoms with E-state index in [1.54, 1.807) is 17.1 Å². The molecule has 0 N–H and O–H groups in total. The van der Waals surface area contributed by atoms with Gasteiger partial charge in [0.25, 0.3) is 0 Å². The van der Waals surface area contributed by atoms with Crippen LogP contribution in [0.1, 0.15) is 0 Å². The summed E-state index contributed by atoms with van der Waals surface area (Å²) in [5, 5.41) is 4.16. The van der Waals surface area contributed by atoms with Gasteiger partial charge in [-0.05, 0) is 30.3 Å². The van der Waals surface area contributed by atoms with Crippen LogP contribution in [-0.2, 0) is 0 Å². The fraction of sp³-hybridized carbons (Fsp3) is 0. The molecule has 0 spiro atoms. The van der Waals surface area contributed by atoms with Crippen molar-refractivity contribution in [3.8, 4) is 17.2 Å². The van der Waals surface area contributed by atoms with E-state index in [0.717, 1.165) is 17.2 Å². The fourth-order valence-electron chi connectivity index (χ4n) is 1.61. The molecule has 0 bridgehead atoms. The van der Waals surface area contributed by atoms with E-state index in [1.807, 2.05) is 48.7 Å². The second-order valence-corrected chi connectivity index (χ2v) is 3.55. The van der Waals surface area contributed by atoms with Gasteiger partial charge in [-0.1, -0.05) is 12.1 Å². The van der Waals surface area contributed by atoms with Crippen LogP contribution in [0.3, 0.4) is 0 Å². The van der Waals surface area contributed by atoms with Gasteiger partial charge in [0.05, 0.1) is 11.4 Å². The second kappa shape index (κ2) is 4.17.